The first-order chi connectivity index (χ1) is 7.09. The molecule has 2 rings (SSSR count). The second kappa shape index (κ2) is 3.52. The van der Waals surface area contributed by atoms with Crippen molar-refractivity contribution in [2.24, 2.45) is 7.05 Å². The number of rotatable bonds is 0. The lowest BCUT2D eigenvalue weighted by Crippen LogP contribution is -2.33. The number of aryl methyl sites for hydroxylation is 1. The Labute approximate surface area is 87.1 Å². The van der Waals surface area contributed by atoms with Gasteiger partial charge in [-0.2, -0.15) is 5.10 Å². The van der Waals surface area contributed by atoms with Gasteiger partial charge in [0.15, 0.2) is 0 Å². The number of hydrogen-bond donors (Lipinski definition) is 0. The van der Waals surface area contributed by atoms with E-state index in [9.17, 15) is 9.59 Å². The maximum Gasteiger partial charge on any atom is 0.345 e. The van der Waals surface area contributed by atoms with E-state index in [1.54, 1.807) is 23.4 Å². The Morgan fingerprint density at radius 3 is 2.73 bits per heavy atom. The Bertz CT molecular complexity index is 445. The van der Waals surface area contributed by atoms with Gasteiger partial charge < -0.3 is 4.90 Å². The van der Waals surface area contributed by atoms with Crippen LogP contribution in [0, 0.1) is 0 Å². The van der Waals surface area contributed by atoms with E-state index in [-0.39, 0.29) is 11.6 Å². The second-order valence-electron chi connectivity index (χ2n) is 3.73. The summed E-state index contributed by atoms with van der Waals surface area (Å²) >= 11 is 0. The molecule has 0 unspecified atom stereocenters. The third kappa shape index (κ3) is 1.67. The fourth-order valence-electron chi connectivity index (χ4n) is 1.85. The van der Waals surface area contributed by atoms with Crippen LogP contribution in [0.15, 0.2) is 4.79 Å². The molecule has 2 heterocycles. The van der Waals surface area contributed by atoms with Crippen molar-refractivity contribution in [3.8, 4) is 0 Å². The molecule has 0 spiro atoms. The number of carbonyl (C=O) groups excluding carboxylic acids is 1. The number of amides is 1. The number of nitrogens with zero attached hydrogens (tertiary/aromatic N) is 4. The number of aromatic nitrogens is 3. The highest BCUT2D eigenvalue weighted by Crippen LogP contribution is 2.03. The molecule has 1 amide bonds. The van der Waals surface area contributed by atoms with Crippen molar-refractivity contribution in [2.45, 2.75) is 19.9 Å². The monoisotopic (exact) mass is 210 g/mol. The lowest BCUT2D eigenvalue weighted by atomic mass is 10.4. The number of carbonyl (C=O) groups is 1. The van der Waals surface area contributed by atoms with Crippen molar-refractivity contribution in [1.29, 1.82) is 0 Å². The van der Waals surface area contributed by atoms with E-state index in [1.807, 2.05) is 0 Å². The van der Waals surface area contributed by atoms with E-state index in [2.05, 4.69) is 5.10 Å². The molecule has 0 fully saturated rings. The summed E-state index contributed by atoms with van der Waals surface area (Å²) in [5.41, 5.74) is -0.101. The Hall–Kier alpha value is -1.59. The topological polar surface area (TPSA) is 60.1 Å². The SMILES string of the molecule is CC(=O)N1CCc2nn(C)c(=O)n2CC1. The molecule has 0 radical (unpaired) electrons. The van der Waals surface area contributed by atoms with Gasteiger partial charge in [0, 0.05) is 40.0 Å². The molecule has 0 saturated heterocycles. The van der Waals surface area contributed by atoms with Crippen LogP contribution in [0.1, 0.15) is 12.7 Å². The molecular weight excluding hydrogens is 196 g/mol. The van der Waals surface area contributed by atoms with E-state index in [4.69, 9.17) is 0 Å². The number of fused-ring (bicyclic) bond motifs is 1. The van der Waals surface area contributed by atoms with Gasteiger partial charge in [-0.3, -0.25) is 9.36 Å². The molecular formula is C9H14N4O2. The molecule has 6 nitrogen and oxygen atoms in total. The first kappa shape index (κ1) is 9.95. The van der Waals surface area contributed by atoms with Gasteiger partial charge in [-0.1, -0.05) is 0 Å². The molecule has 0 aliphatic carbocycles. The maximum absolute atomic E-state index is 11.6. The molecule has 0 aromatic carbocycles. The van der Waals surface area contributed by atoms with Gasteiger partial charge in [0.1, 0.15) is 5.82 Å². The molecule has 82 valence electrons. The highest BCUT2D eigenvalue weighted by molar-refractivity contribution is 5.73. The van der Waals surface area contributed by atoms with Gasteiger partial charge in [-0.25, -0.2) is 9.48 Å². The van der Waals surface area contributed by atoms with Gasteiger partial charge in [0.2, 0.25) is 5.91 Å². The summed E-state index contributed by atoms with van der Waals surface area (Å²) in [6.07, 6.45) is 0.648. The summed E-state index contributed by atoms with van der Waals surface area (Å²) < 4.78 is 2.99. The molecule has 1 aliphatic rings. The number of hydrogen-bond acceptors (Lipinski definition) is 3. The van der Waals surface area contributed by atoms with Crippen LogP contribution in [0.3, 0.4) is 0 Å². The zero-order chi connectivity index (χ0) is 11.0. The van der Waals surface area contributed by atoms with Crippen molar-refractivity contribution in [2.75, 3.05) is 13.1 Å². The highest BCUT2D eigenvalue weighted by Gasteiger charge is 2.19. The van der Waals surface area contributed by atoms with Crippen LogP contribution in [-0.2, 0) is 24.8 Å². The van der Waals surface area contributed by atoms with Crippen molar-refractivity contribution < 1.29 is 4.79 Å². The largest absolute Gasteiger partial charge is 0.345 e. The van der Waals surface area contributed by atoms with Gasteiger partial charge in [0.05, 0.1) is 0 Å². The normalized spacial score (nSPS) is 16.0. The van der Waals surface area contributed by atoms with Gasteiger partial charge in [0.25, 0.3) is 0 Å². The summed E-state index contributed by atoms with van der Waals surface area (Å²) in [7, 11) is 1.65. The minimum absolute atomic E-state index is 0.0533. The van der Waals surface area contributed by atoms with Crippen LogP contribution in [0.5, 0.6) is 0 Å². The molecule has 0 N–H and O–H groups in total. The summed E-state index contributed by atoms with van der Waals surface area (Å²) in [5.74, 6) is 0.823. The molecule has 15 heavy (non-hydrogen) atoms. The first-order valence-electron chi connectivity index (χ1n) is 4.98. The predicted molar refractivity (Wildman–Crippen MR) is 53.4 cm³/mol. The zero-order valence-corrected chi connectivity index (χ0v) is 8.93. The average Bonchev–Trinajstić information content (AvgIpc) is 2.40. The van der Waals surface area contributed by atoms with Crippen molar-refractivity contribution in [3.63, 3.8) is 0 Å². The van der Waals surface area contributed by atoms with Crippen LogP contribution in [0.2, 0.25) is 0 Å². The molecule has 0 saturated carbocycles. The van der Waals surface area contributed by atoms with E-state index in [0.717, 1.165) is 5.82 Å². The lowest BCUT2D eigenvalue weighted by Gasteiger charge is -2.17. The summed E-state index contributed by atoms with van der Waals surface area (Å²) in [5, 5.41) is 4.13. The van der Waals surface area contributed by atoms with E-state index < -0.39 is 0 Å². The Balaban J connectivity index is 2.28. The minimum Gasteiger partial charge on any atom is -0.341 e. The Kier molecular flexibility index (Phi) is 2.34. The Morgan fingerprint density at radius 1 is 1.33 bits per heavy atom. The van der Waals surface area contributed by atoms with Crippen LogP contribution >= 0.6 is 0 Å². The molecule has 0 bridgehead atoms. The summed E-state index contributed by atoms with van der Waals surface area (Å²) in [6, 6.07) is 0. The Morgan fingerprint density at radius 2 is 2.07 bits per heavy atom. The molecule has 0 atom stereocenters. The van der Waals surface area contributed by atoms with Gasteiger partial charge in [-0.05, 0) is 0 Å². The van der Waals surface area contributed by atoms with Crippen LogP contribution in [-0.4, -0.2) is 38.2 Å². The first-order valence-corrected chi connectivity index (χ1v) is 4.98. The van der Waals surface area contributed by atoms with Crippen LogP contribution in [0.4, 0.5) is 0 Å². The fourth-order valence-corrected chi connectivity index (χ4v) is 1.85. The van der Waals surface area contributed by atoms with Crippen LogP contribution in [0.25, 0.3) is 0 Å². The predicted octanol–water partition coefficient (Wildman–Crippen LogP) is -1.01. The van der Waals surface area contributed by atoms with E-state index in [0.29, 0.717) is 26.1 Å². The third-order valence-corrected chi connectivity index (χ3v) is 2.73. The molecule has 1 aliphatic heterocycles. The standard InChI is InChI=1S/C9H14N4O2/c1-7(14)12-4-3-8-10-11(2)9(15)13(8)6-5-12/h3-6H2,1-2H3. The van der Waals surface area contributed by atoms with Crippen LogP contribution < -0.4 is 5.69 Å². The van der Waals surface area contributed by atoms with Crippen molar-refractivity contribution in [3.05, 3.63) is 16.3 Å². The van der Waals surface area contributed by atoms with Gasteiger partial charge in [-0.15, -0.1) is 0 Å². The van der Waals surface area contributed by atoms with E-state index >= 15 is 0 Å². The lowest BCUT2D eigenvalue weighted by molar-refractivity contribution is -0.128. The average molecular weight is 210 g/mol. The van der Waals surface area contributed by atoms with Gasteiger partial charge >= 0.3 is 5.69 Å². The van der Waals surface area contributed by atoms with Crippen molar-refractivity contribution >= 4 is 5.91 Å². The summed E-state index contributed by atoms with van der Waals surface area (Å²) in [4.78, 5) is 24.5. The second-order valence-corrected chi connectivity index (χ2v) is 3.73. The molecule has 1 aromatic rings. The highest BCUT2D eigenvalue weighted by atomic mass is 16.2. The maximum atomic E-state index is 11.6. The molecule has 1 aromatic heterocycles. The minimum atomic E-state index is -0.101. The summed E-state index contributed by atoms with van der Waals surface area (Å²) in [6.45, 7) is 3.33. The smallest absolute Gasteiger partial charge is 0.341 e. The fraction of sp³-hybridized carbons (Fsp3) is 0.667. The third-order valence-electron chi connectivity index (χ3n) is 2.73. The zero-order valence-electron chi connectivity index (χ0n) is 8.93. The quantitative estimate of drug-likeness (QED) is 0.551. The van der Waals surface area contributed by atoms with E-state index in [1.165, 1.54) is 4.68 Å². The molecule has 6 heteroatoms. The van der Waals surface area contributed by atoms with Crippen molar-refractivity contribution in [1.82, 2.24) is 19.2 Å².